The molecule has 3 aliphatic rings. The SMILES string of the molecule is N#Cc1ccc2c(c1)C1(N=CC(c3ccc(N4c5ccccc5Sc5ccccc54)cc3)=N1)c1cc(C#N)ccc1-2. The van der Waals surface area contributed by atoms with E-state index < -0.39 is 5.66 Å². The average Bonchev–Trinajstić information content (AvgIpc) is 3.60. The molecule has 0 unspecified atom stereocenters. The highest BCUT2D eigenvalue weighted by molar-refractivity contribution is 7.99. The molecule has 0 bridgehead atoms. The lowest BCUT2D eigenvalue weighted by Gasteiger charge is -2.32. The number of benzene rings is 5. The lowest BCUT2D eigenvalue weighted by atomic mass is 9.96. The van der Waals surface area contributed by atoms with Crippen LogP contribution >= 0.6 is 11.8 Å². The zero-order valence-corrected chi connectivity index (χ0v) is 22.4. The molecule has 2 heterocycles. The normalized spacial score (nSPS) is 14.9. The monoisotopic (exact) mass is 541 g/mol. The molecule has 2 aliphatic heterocycles. The van der Waals surface area contributed by atoms with Gasteiger partial charge in [-0.1, -0.05) is 60.3 Å². The molecule has 5 aromatic carbocycles. The molecule has 1 spiro atoms. The summed E-state index contributed by atoms with van der Waals surface area (Å²) in [6.07, 6.45) is 1.81. The molecule has 0 saturated heterocycles. The molecule has 0 N–H and O–H groups in total. The fraction of sp³-hybridized carbons (Fsp3) is 0.0286. The van der Waals surface area contributed by atoms with Gasteiger partial charge in [0.25, 0.3) is 0 Å². The first-order valence-corrected chi connectivity index (χ1v) is 14.0. The van der Waals surface area contributed by atoms with Crippen LogP contribution in [0.15, 0.2) is 129 Å². The largest absolute Gasteiger partial charge is 0.308 e. The second kappa shape index (κ2) is 8.79. The van der Waals surface area contributed by atoms with E-state index >= 15 is 0 Å². The summed E-state index contributed by atoms with van der Waals surface area (Å²) in [4.78, 5) is 14.9. The molecule has 5 aromatic rings. The third-order valence-electron chi connectivity index (χ3n) is 7.85. The number of aliphatic imine (C=N–C) groups is 2. The molecule has 0 fully saturated rings. The first-order valence-electron chi connectivity index (χ1n) is 13.2. The third kappa shape index (κ3) is 3.42. The number of nitrogens with zero attached hydrogens (tertiary/aromatic N) is 5. The van der Waals surface area contributed by atoms with E-state index in [2.05, 4.69) is 89.8 Å². The molecular formula is C35H19N5S. The van der Waals surface area contributed by atoms with E-state index in [0.717, 1.165) is 50.6 Å². The molecule has 6 heteroatoms. The lowest BCUT2D eigenvalue weighted by molar-refractivity contribution is 0.607. The van der Waals surface area contributed by atoms with Crippen LogP contribution in [0.3, 0.4) is 0 Å². The van der Waals surface area contributed by atoms with Crippen LogP contribution in [0.4, 0.5) is 17.1 Å². The Balaban J connectivity index is 1.23. The number of anilines is 3. The Kier molecular flexibility index (Phi) is 5.03. The minimum Gasteiger partial charge on any atom is -0.308 e. The molecule has 0 amide bonds. The van der Waals surface area contributed by atoms with Crippen LogP contribution in [0.1, 0.15) is 27.8 Å². The Hall–Kier alpha value is -5.43. The maximum Gasteiger partial charge on any atom is 0.203 e. The highest BCUT2D eigenvalue weighted by Crippen LogP contribution is 2.53. The third-order valence-corrected chi connectivity index (χ3v) is 8.98. The fourth-order valence-corrected chi connectivity index (χ4v) is 7.03. The van der Waals surface area contributed by atoms with Crippen LogP contribution in [0, 0.1) is 22.7 Å². The Labute approximate surface area is 241 Å². The van der Waals surface area contributed by atoms with Crippen LogP contribution < -0.4 is 4.90 Å². The summed E-state index contributed by atoms with van der Waals surface area (Å²) < 4.78 is 0. The van der Waals surface area contributed by atoms with Crippen molar-refractivity contribution in [3.63, 3.8) is 0 Å². The van der Waals surface area contributed by atoms with Gasteiger partial charge in [-0.25, -0.2) is 4.99 Å². The number of rotatable bonds is 2. The van der Waals surface area contributed by atoms with Crippen molar-refractivity contribution in [2.75, 3.05) is 4.90 Å². The van der Waals surface area contributed by atoms with Gasteiger partial charge in [0.05, 0.1) is 46.6 Å². The number of fused-ring (bicyclic) bond motifs is 7. The highest BCUT2D eigenvalue weighted by Gasteiger charge is 2.45. The van der Waals surface area contributed by atoms with Crippen LogP contribution in [-0.4, -0.2) is 11.9 Å². The minimum absolute atomic E-state index is 0.555. The summed E-state index contributed by atoms with van der Waals surface area (Å²) in [5.74, 6) is 0. The molecule has 8 rings (SSSR count). The van der Waals surface area contributed by atoms with Crippen molar-refractivity contribution in [1.82, 2.24) is 0 Å². The van der Waals surface area contributed by atoms with Crippen LogP contribution in [-0.2, 0) is 5.66 Å². The summed E-state index contributed by atoms with van der Waals surface area (Å²) >= 11 is 1.79. The number of hydrogen-bond donors (Lipinski definition) is 0. The maximum atomic E-state index is 9.61. The lowest BCUT2D eigenvalue weighted by Crippen LogP contribution is -2.18. The number of hydrogen-bond acceptors (Lipinski definition) is 6. The second-order valence-corrected chi connectivity index (χ2v) is 11.2. The topological polar surface area (TPSA) is 75.5 Å². The van der Waals surface area contributed by atoms with Gasteiger partial charge in [0.15, 0.2) is 0 Å². The van der Waals surface area contributed by atoms with Crippen molar-refractivity contribution in [3.05, 3.63) is 137 Å². The second-order valence-electron chi connectivity index (χ2n) is 10.1. The van der Waals surface area contributed by atoms with Gasteiger partial charge in [-0.15, -0.1) is 0 Å². The van der Waals surface area contributed by atoms with Crippen molar-refractivity contribution in [1.29, 1.82) is 10.5 Å². The van der Waals surface area contributed by atoms with E-state index in [9.17, 15) is 10.5 Å². The molecular weight excluding hydrogens is 522 g/mol. The molecule has 0 saturated carbocycles. The van der Waals surface area contributed by atoms with E-state index in [1.807, 2.05) is 42.6 Å². The van der Waals surface area contributed by atoms with Crippen molar-refractivity contribution < 1.29 is 0 Å². The first kappa shape index (κ1) is 23.5. The predicted octanol–water partition coefficient (Wildman–Crippen LogP) is 8.12. The summed E-state index contributed by atoms with van der Waals surface area (Å²) in [5.41, 5.74) is 8.88. The Morgan fingerprint density at radius 3 is 1.78 bits per heavy atom. The molecule has 41 heavy (non-hydrogen) atoms. The average molecular weight is 542 g/mol. The molecule has 190 valence electrons. The summed E-state index contributed by atoms with van der Waals surface area (Å²) in [6, 6.07) is 41.1. The minimum atomic E-state index is -1.01. The van der Waals surface area contributed by atoms with Gasteiger partial charge in [0, 0.05) is 32.2 Å². The van der Waals surface area contributed by atoms with Crippen molar-refractivity contribution in [2.24, 2.45) is 9.98 Å². The van der Waals surface area contributed by atoms with Gasteiger partial charge < -0.3 is 4.90 Å². The molecule has 0 radical (unpaired) electrons. The Bertz CT molecular complexity index is 1950. The van der Waals surface area contributed by atoms with Crippen molar-refractivity contribution in [2.45, 2.75) is 15.5 Å². The van der Waals surface area contributed by atoms with Crippen LogP contribution in [0.2, 0.25) is 0 Å². The molecule has 0 aromatic heterocycles. The molecule has 0 atom stereocenters. The quantitative estimate of drug-likeness (QED) is 0.222. The summed E-state index contributed by atoms with van der Waals surface area (Å²) in [6.45, 7) is 0. The zero-order valence-electron chi connectivity index (χ0n) is 21.6. The predicted molar refractivity (Wildman–Crippen MR) is 162 cm³/mol. The van der Waals surface area contributed by atoms with E-state index in [4.69, 9.17) is 9.98 Å². The first-order chi connectivity index (χ1) is 20.2. The maximum absolute atomic E-state index is 9.61. The van der Waals surface area contributed by atoms with Crippen molar-refractivity contribution >= 4 is 40.8 Å². The number of para-hydroxylation sites is 2. The van der Waals surface area contributed by atoms with Gasteiger partial charge in [-0.2, -0.15) is 10.5 Å². The smallest absolute Gasteiger partial charge is 0.203 e. The highest BCUT2D eigenvalue weighted by atomic mass is 32.2. The van der Waals surface area contributed by atoms with E-state index in [-0.39, 0.29) is 0 Å². The number of nitriles is 2. The van der Waals surface area contributed by atoms with Gasteiger partial charge in [-0.3, -0.25) is 4.99 Å². The standard InChI is InChI=1S/C35H19N5S/c36-19-22-9-15-26-27-16-10-23(20-37)18-29(27)35(28(26)17-22)38-21-30(39-35)24-11-13-25(14-12-24)40-31-5-1-3-7-33(31)41-34-8-4-2-6-32(34)40/h1-18,21H. The van der Waals surface area contributed by atoms with Crippen LogP contribution in [0.25, 0.3) is 11.1 Å². The molecule has 5 nitrogen and oxygen atoms in total. The van der Waals surface area contributed by atoms with Gasteiger partial charge in [-0.05, 0) is 71.8 Å². The van der Waals surface area contributed by atoms with Gasteiger partial charge >= 0.3 is 0 Å². The fourth-order valence-electron chi connectivity index (χ4n) is 5.97. The van der Waals surface area contributed by atoms with Gasteiger partial charge in [0.1, 0.15) is 0 Å². The van der Waals surface area contributed by atoms with Crippen LogP contribution in [0.5, 0.6) is 0 Å². The molecule has 1 aliphatic carbocycles. The Morgan fingerprint density at radius 1 is 0.659 bits per heavy atom. The van der Waals surface area contributed by atoms with Gasteiger partial charge in [0.2, 0.25) is 5.66 Å². The van der Waals surface area contributed by atoms with E-state index in [1.165, 1.54) is 9.79 Å². The summed E-state index contributed by atoms with van der Waals surface area (Å²) in [5, 5.41) is 19.2. The summed E-state index contributed by atoms with van der Waals surface area (Å²) in [7, 11) is 0. The van der Waals surface area contributed by atoms with E-state index in [0.29, 0.717) is 11.1 Å². The van der Waals surface area contributed by atoms with Crippen molar-refractivity contribution in [3.8, 4) is 23.3 Å². The zero-order chi connectivity index (χ0) is 27.6. The van der Waals surface area contributed by atoms with E-state index in [1.54, 1.807) is 11.8 Å². The Morgan fingerprint density at radius 2 is 1.22 bits per heavy atom.